The maximum absolute atomic E-state index is 11.2. The van der Waals surface area contributed by atoms with E-state index in [4.69, 9.17) is 0 Å². The summed E-state index contributed by atoms with van der Waals surface area (Å²) in [7, 11) is 1.38. The Hall–Kier alpha value is -1.64. The van der Waals surface area contributed by atoms with Gasteiger partial charge in [-0.1, -0.05) is 23.8 Å². The Morgan fingerprint density at radius 3 is 2.75 bits per heavy atom. The van der Waals surface area contributed by atoms with Gasteiger partial charge in [0.05, 0.1) is 13.5 Å². The molecule has 0 unspecified atom stereocenters. The second-order valence-electron chi connectivity index (χ2n) is 3.73. The van der Waals surface area contributed by atoms with Crippen LogP contribution in [-0.2, 0) is 27.2 Å². The quantitative estimate of drug-likeness (QED) is 0.561. The summed E-state index contributed by atoms with van der Waals surface area (Å²) >= 11 is 0. The van der Waals surface area contributed by atoms with Gasteiger partial charge in [-0.2, -0.15) is 0 Å². The number of rotatable bonds is 5. The molecule has 0 aliphatic rings. The molecule has 3 nitrogen and oxygen atoms in total. The summed E-state index contributed by atoms with van der Waals surface area (Å²) in [6.45, 7) is 1.98. The molecule has 0 atom stereocenters. The minimum atomic E-state index is -0.252. The molecule has 3 heteroatoms. The summed E-state index contributed by atoms with van der Waals surface area (Å²) < 4.78 is 4.64. The van der Waals surface area contributed by atoms with Gasteiger partial charge in [0.25, 0.3) is 0 Å². The molecule has 0 radical (unpaired) electrons. The number of esters is 1. The molecule has 1 aromatic carbocycles. The van der Waals surface area contributed by atoms with Crippen molar-refractivity contribution in [3.63, 3.8) is 0 Å². The summed E-state index contributed by atoms with van der Waals surface area (Å²) in [5.41, 5.74) is 3.10. The third-order valence-electron chi connectivity index (χ3n) is 2.46. The van der Waals surface area contributed by atoms with Crippen molar-refractivity contribution in [2.45, 2.75) is 26.2 Å². The van der Waals surface area contributed by atoms with Crippen molar-refractivity contribution in [2.24, 2.45) is 0 Å². The van der Waals surface area contributed by atoms with Crippen LogP contribution in [0.25, 0.3) is 0 Å². The van der Waals surface area contributed by atoms with E-state index in [1.54, 1.807) is 0 Å². The Balaban J connectivity index is 2.88. The van der Waals surface area contributed by atoms with Gasteiger partial charge in [-0.3, -0.25) is 4.79 Å². The smallest absolute Gasteiger partial charge is 0.309 e. The van der Waals surface area contributed by atoms with Crippen LogP contribution in [0.15, 0.2) is 18.2 Å². The number of methoxy groups -OCH3 is 1. The third-order valence-corrected chi connectivity index (χ3v) is 2.46. The van der Waals surface area contributed by atoms with Gasteiger partial charge in [0.2, 0.25) is 0 Å². The predicted molar refractivity (Wildman–Crippen MR) is 61.3 cm³/mol. The van der Waals surface area contributed by atoms with Crippen LogP contribution in [0.3, 0.4) is 0 Å². The van der Waals surface area contributed by atoms with Crippen molar-refractivity contribution in [3.05, 3.63) is 34.9 Å². The van der Waals surface area contributed by atoms with Gasteiger partial charge >= 0.3 is 5.97 Å². The Kier molecular flexibility index (Phi) is 4.70. The van der Waals surface area contributed by atoms with Crippen LogP contribution in [-0.4, -0.2) is 19.4 Å². The molecular formula is C13H16O3. The third kappa shape index (κ3) is 3.50. The van der Waals surface area contributed by atoms with Gasteiger partial charge in [-0.15, -0.1) is 0 Å². The molecule has 1 rings (SSSR count). The van der Waals surface area contributed by atoms with E-state index >= 15 is 0 Å². The van der Waals surface area contributed by atoms with E-state index in [0.717, 1.165) is 23.0 Å². The molecule has 86 valence electrons. The number of carbonyl (C=O) groups is 2. The molecule has 16 heavy (non-hydrogen) atoms. The minimum absolute atomic E-state index is 0.252. The van der Waals surface area contributed by atoms with Crippen LogP contribution in [0.1, 0.15) is 23.1 Å². The molecular weight excluding hydrogens is 204 g/mol. The molecule has 0 amide bonds. The second-order valence-corrected chi connectivity index (χ2v) is 3.73. The van der Waals surface area contributed by atoms with E-state index < -0.39 is 0 Å². The van der Waals surface area contributed by atoms with Crippen LogP contribution in [0, 0.1) is 6.92 Å². The first-order valence-corrected chi connectivity index (χ1v) is 5.26. The van der Waals surface area contributed by atoms with Crippen LogP contribution in [0.4, 0.5) is 0 Å². The Labute approximate surface area is 95.4 Å². The molecule has 0 aliphatic heterocycles. The zero-order valence-corrected chi connectivity index (χ0v) is 9.66. The standard InChI is InChI=1S/C13H16O3/c1-10-5-6-11(4-3-7-14)12(8-10)9-13(15)16-2/h5-8H,3-4,9H2,1-2H3. The van der Waals surface area contributed by atoms with Gasteiger partial charge in [0.1, 0.15) is 6.29 Å². The lowest BCUT2D eigenvalue weighted by Gasteiger charge is -2.08. The molecule has 0 N–H and O–H groups in total. The summed E-state index contributed by atoms with van der Waals surface area (Å²) in [6.07, 6.45) is 2.32. The molecule has 0 heterocycles. The zero-order valence-electron chi connectivity index (χ0n) is 9.66. The van der Waals surface area contributed by atoms with Gasteiger partial charge < -0.3 is 9.53 Å². The number of carbonyl (C=O) groups excluding carboxylic acids is 2. The first-order chi connectivity index (χ1) is 7.67. The molecule has 0 spiro atoms. The summed E-state index contributed by atoms with van der Waals surface area (Å²) in [5, 5.41) is 0. The monoisotopic (exact) mass is 220 g/mol. The maximum atomic E-state index is 11.2. The number of hydrogen-bond acceptors (Lipinski definition) is 3. The number of aldehydes is 1. The number of ether oxygens (including phenoxy) is 1. The predicted octanol–water partition coefficient (Wildman–Crippen LogP) is 1.84. The van der Waals surface area contributed by atoms with Crippen molar-refractivity contribution in [1.82, 2.24) is 0 Å². The second kappa shape index (κ2) is 6.05. The van der Waals surface area contributed by atoms with Gasteiger partial charge in [0, 0.05) is 6.42 Å². The number of aryl methyl sites for hydroxylation is 2. The summed E-state index contributed by atoms with van der Waals surface area (Å²) in [4.78, 5) is 21.6. The number of hydrogen-bond donors (Lipinski definition) is 0. The minimum Gasteiger partial charge on any atom is -0.469 e. The van der Waals surface area contributed by atoms with Gasteiger partial charge in [-0.25, -0.2) is 0 Å². The molecule has 0 aromatic heterocycles. The van der Waals surface area contributed by atoms with Crippen molar-refractivity contribution in [1.29, 1.82) is 0 Å². The van der Waals surface area contributed by atoms with E-state index in [1.807, 2.05) is 25.1 Å². The topological polar surface area (TPSA) is 43.4 Å². The van der Waals surface area contributed by atoms with E-state index in [1.165, 1.54) is 7.11 Å². The van der Waals surface area contributed by atoms with Crippen LogP contribution < -0.4 is 0 Å². The fourth-order valence-electron chi connectivity index (χ4n) is 1.61. The summed E-state index contributed by atoms with van der Waals surface area (Å²) in [5.74, 6) is -0.252. The number of benzene rings is 1. The fourth-order valence-corrected chi connectivity index (χ4v) is 1.61. The SMILES string of the molecule is COC(=O)Cc1cc(C)ccc1CCC=O. The average Bonchev–Trinajstić information content (AvgIpc) is 2.28. The van der Waals surface area contributed by atoms with Crippen LogP contribution in [0.5, 0.6) is 0 Å². The maximum Gasteiger partial charge on any atom is 0.309 e. The van der Waals surface area contributed by atoms with Gasteiger partial charge in [0.15, 0.2) is 0 Å². The molecule has 0 saturated heterocycles. The lowest BCUT2D eigenvalue weighted by Crippen LogP contribution is -2.07. The lowest BCUT2D eigenvalue weighted by atomic mass is 9.98. The summed E-state index contributed by atoms with van der Waals surface area (Å²) in [6, 6.07) is 5.93. The van der Waals surface area contributed by atoms with E-state index in [9.17, 15) is 9.59 Å². The molecule has 0 aliphatic carbocycles. The van der Waals surface area contributed by atoms with Crippen molar-refractivity contribution in [2.75, 3.05) is 7.11 Å². The van der Waals surface area contributed by atoms with E-state index in [2.05, 4.69) is 4.74 Å². The fraction of sp³-hybridized carbons (Fsp3) is 0.385. The molecule has 0 fully saturated rings. The van der Waals surface area contributed by atoms with Gasteiger partial charge in [-0.05, 0) is 24.5 Å². The first-order valence-electron chi connectivity index (χ1n) is 5.26. The Morgan fingerprint density at radius 1 is 1.38 bits per heavy atom. The van der Waals surface area contributed by atoms with E-state index in [-0.39, 0.29) is 12.4 Å². The first kappa shape index (κ1) is 12.4. The van der Waals surface area contributed by atoms with Crippen LogP contribution >= 0.6 is 0 Å². The van der Waals surface area contributed by atoms with Crippen molar-refractivity contribution in [3.8, 4) is 0 Å². The van der Waals surface area contributed by atoms with Crippen molar-refractivity contribution >= 4 is 12.3 Å². The Morgan fingerprint density at radius 2 is 2.12 bits per heavy atom. The molecule has 0 saturated carbocycles. The highest BCUT2D eigenvalue weighted by Gasteiger charge is 2.08. The lowest BCUT2D eigenvalue weighted by molar-refractivity contribution is -0.139. The molecule has 0 bridgehead atoms. The largest absolute Gasteiger partial charge is 0.469 e. The Bertz CT molecular complexity index is 383. The van der Waals surface area contributed by atoms with Crippen LogP contribution in [0.2, 0.25) is 0 Å². The van der Waals surface area contributed by atoms with E-state index in [0.29, 0.717) is 12.8 Å². The zero-order chi connectivity index (χ0) is 12.0. The molecule has 1 aromatic rings. The normalized spacial score (nSPS) is 9.88. The highest BCUT2D eigenvalue weighted by atomic mass is 16.5. The van der Waals surface area contributed by atoms with Crippen molar-refractivity contribution < 1.29 is 14.3 Å². The highest BCUT2D eigenvalue weighted by Crippen LogP contribution is 2.14. The highest BCUT2D eigenvalue weighted by molar-refractivity contribution is 5.73. The average molecular weight is 220 g/mol.